The zero-order chi connectivity index (χ0) is 12.7. The van der Waals surface area contributed by atoms with E-state index in [1.807, 2.05) is 6.07 Å². The highest BCUT2D eigenvalue weighted by Gasteiger charge is 2.48. The van der Waals surface area contributed by atoms with Crippen molar-refractivity contribution in [2.24, 2.45) is 4.99 Å². The van der Waals surface area contributed by atoms with Gasteiger partial charge in [-0.15, -0.1) is 0 Å². The minimum atomic E-state index is -3.61. The van der Waals surface area contributed by atoms with E-state index in [2.05, 4.69) is 9.73 Å². The molecule has 0 rings (SSSR count). The molecule has 0 radical (unpaired) electrons. The Morgan fingerprint density at radius 1 is 1.44 bits per heavy atom. The maximum absolute atomic E-state index is 12.3. The first kappa shape index (κ1) is 15.1. The van der Waals surface area contributed by atoms with Crippen LogP contribution in [0.3, 0.4) is 0 Å². The van der Waals surface area contributed by atoms with Crippen molar-refractivity contribution < 1.29 is 18.3 Å². The third-order valence-corrected chi connectivity index (χ3v) is 4.23. The molecule has 0 N–H and O–H groups in total. The molecular weight excluding hydrogens is 231 g/mol. The van der Waals surface area contributed by atoms with Crippen LogP contribution < -0.4 is 0 Å². The van der Waals surface area contributed by atoms with Crippen LogP contribution in [0.2, 0.25) is 0 Å². The normalized spacial score (nSPS) is 15.7. The van der Waals surface area contributed by atoms with E-state index in [1.54, 1.807) is 13.8 Å². The molecule has 0 fully saturated rings. The van der Waals surface area contributed by atoms with Gasteiger partial charge in [0.25, 0.3) is 0 Å². The highest BCUT2D eigenvalue weighted by Crippen LogP contribution is 2.60. The highest BCUT2D eigenvalue weighted by molar-refractivity contribution is 7.56. The third-order valence-electron chi connectivity index (χ3n) is 1.75. The maximum atomic E-state index is 12.3. The third kappa shape index (κ3) is 3.31. The van der Waals surface area contributed by atoms with Gasteiger partial charge in [-0.25, -0.2) is 4.99 Å². The second-order valence-electron chi connectivity index (χ2n) is 2.94. The lowest BCUT2D eigenvalue weighted by atomic mass is 10.4. The van der Waals surface area contributed by atoms with Crippen LogP contribution >= 0.6 is 7.60 Å². The van der Waals surface area contributed by atoms with Crippen LogP contribution in [0.1, 0.15) is 20.8 Å². The van der Waals surface area contributed by atoms with E-state index < -0.39 is 12.9 Å². The Hall–Kier alpha value is -0.890. The number of methoxy groups -OCH3 is 1. The van der Waals surface area contributed by atoms with Crippen LogP contribution in [0.5, 0.6) is 0 Å². The zero-order valence-electron chi connectivity index (χ0n) is 9.97. The lowest BCUT2D eigenvalue weighted by Gasteiger charge is -2.26. The van der Waals surface area contributed by atoms with Crippen LogP contribution in [0.15, 0.2) is 4.99 Å². The van der Waals surface area contributed by atoms with Gasteiger partial charge in [0.05, 0.1) is 20.3 Å². The van der Waals surface area contributed by atoms with Gasteiger partial charge in [-0.05, 0) is 20.8 Å². The molecule has 0 aliphatic carbocycles. The Kier molecular flexibility index (Phi) is 6.27. The Balaban J connectivity index is 5.21. The first-order chi connectivity index (χ1) is 7.49. The molecule has 0 saturated heterocycles. The number of aliphatic imine (C=N–C) groups is 1. The van der Waals surface area contributed by atoms with Crippen molar-refractivity contribution in [2.45, 2.75) is 26.1 Å². The van der Waals surface area contributed by atoms with E-state index in [9.17, 15) is 4.57 Å². The fourth-order valence-corrected chi connectivity index (χ4v) is 2.51. The molecule has 0 bridgehead atoms. The second-order valence-corrected chi connectivity index (χ2v) is 5.32. The summed E-state index contributed by atoms with van der Waals surface area (Å²) in [5.41, 5.74) is 0. The molecule has 0 aromatic heterocycles. The van der Waals surface area contributed by atoms with Crippen LogP contribution in [0.25, 0.3) is 0 Å². The van der Waals surface area contributed by atoms with Crippen molar-refractivity contribution in [3.05, 3.63) is 0 Å². The molecule has 0 aliphatic rings. The molecule has 16 heavy (non-hydrogen) atoms. The van der Waals surface area contributed by atoms with E-state index in [0.717, 1.165) is 6.40 Å². The van der Waals surface area contributed by atoms with Gasteiger partial charge in [-0.3, -0.25) is 4.57 Å². The summed E-state index contributed by atoms with van der Waals surface area (Å²) < 4.78 is 27.1. The Morgan fingerprint density at radius 2 is 1.94 bits per heavy atom. The molecule has 6 nitrogen and oxygen atoms in total. The van der Waals surface area contributed by atoms with Gasteiger partial charge in [-0.2, -0.15) is 5.26 Å². The molecule has 92 valence electrons. The molecule has 7 heteroatoms. The maximum Gasteiger partial charge on any atom is 0.372 e. The SMILES string of the molecule is CCOP(=O)(OCC)C(C)(C#N)N=COC. The minimum Gasteiger partial charge on any atom is -0.487 e. The largest absolute Gasteiger partial charge is 0.487 e. The Bertz CT molecular complexity index is 316. The van der Waals surface area contributed by atoms with E-state index >= 15 is 0 Å². The number of rotatable bonds is 7. The highest BCUT2D eigenvalue weighted by atomic mass is 31.2. The quantitative estimate of drug-likeness (QED) is 0.392. The van der Waals surface area contributed by atoms with Crippen LogP contribution in [-0.2, 0) is 18.3 Å². The molecule has 0 aromatic rings. The summed E-state index contributed by atoms with van der Waals surface area (Å²) >= 11 is 0. The van der Waals surface area contributed by atoms with Gasteiger partial charge in [-0.1, -0.05) is 0 Å². The average molecular weight is 248 g/mol. The average Bonchev–Trinajstić information content (AvgIpc) is 2.26. The fraction of sp³-hybridized carbons (Fsp3) is 0.778. The minimum absolute atomic E-state index is 0.178. The number of ether oxygens (including phenoxy) is 1. The van der Waals surface area contributed by atoms with Crippen molar-refractivity contribution >= 4 is 14.0 Å². The Labute approximate surface area is 95.8 Å². The standard InChI is InChI=1S/C9H17N2O4P/c1-5-14-16(12,15-6-2)9(3,7-10)11-8-13-4/h8H,5-6H2,1-4H3. The Morgan fingerprint density at radius 3 is 2.25 bits per heavy atom. The van der Waals surface area contributed by atoms with E-state index in [-0.39, 0.29) is 13.2 Å². The summed E-state index contributed by atoms with van der Waals surface area (Å²) in [7, 11) is -2.23. The van der Waals surface area contributed by atoms with Crippen LogP contribution in [0, 0.1) is 11.3 Å². The summed E-state index contributed by atoms with van der Waals surface area (Å²) in [5.74, 6) is 0. The van der Waals surface area contributed by atoms with Crippen LogP contribution in [-0.4, -0.2) is 32.0 Å². The van der Waals surface area contributed by atoms with Crippen molar-refractivity contribution in [1.29, 1.82) is 5.26 Å². The van der Waals surface area contributed by atoms with Crippen LogP contribution in [0.4, 0.5) is 0 Å². The van der Waals surface area contributed by atoms with Gasteiger partial charge < -0.3 is 13.8 Å². The first-order valence-corrected chi connectivity index (χ1v) is 6.40. The van der Waals surface area contributed by atoms with E-state index in [4.69, 9.17) is 14.3 Å². The van der Waals surface area contributed by atoms with Gasteiger partial charge >= 0.3 is 7.60 Å². The van der Waals surface area contributed by atoms with Crippen molar-refractivity contribution in [2.75, 3.05) is 20.3 Å². The molecule has 1 atom stereocenters. The van der Waals surface area contributed by atoms with E-state index in [0.29, 0.717) is 0 Å². The molecule has 0 aliphatic heterocycles. The summed E-state index contributed by atoms with van der Waals surface area (Å²) in [4.78, 5) is 3.78. The lowest BCUT2D eigenvalue weighted by molar-refractivity contribution is 0.206. The topological polar surface area (TPSA) is 80.9 Å². The van der Waals surface area contributed by atoms with Crippen molar-refractivity contribution in [3.8, 4) is 6.07 Å². The number of hydrogen-bond donors (Lipinski definition) is 0. The second kappa shape index (κ2) is 6.64. The number of hydrogen-bond acceptors (Lipinski definition) is 6. The summed E-state index contributed by atoms with van der Waals surface area (Å²) in [6.07, 6.45) is 1.05. The van der Waals surface area contributed by atoms with Gasteiger partial charge in [0.15, 0.2) is 6.40 Å². The molecule has 1 unspecified atom stereocenters. The molecular formula is C9H17N2O4P. The summed E-state index contributed by atoms with van der Waals surface area (Å²) in [5, 5.41) is 7.46. The summed E-state index contributed by atoms with van der Waals surface area (Å²) in [6.45, 7) is 5.08. The molecule has 0 aromatic carbocycles. The van der Waals surface area contributed by atoms with Gasteiger partial charge in [0.2, 0.25) is 5.28 Å². The zero-order valence-corrected chi connectivity index (χ0v) is 10.9. The number of nitrogens with zero attached hydrogens (tertiary/aromatic N) is 2. The molecule has 0 amide bonds. The monoisotopic (exact) mass is 248 g/mol. The van der Waals surface area contributed by atoms with Crippen molar-refractivity contribution in [1.82, 2.24) is 0 Å². The molecule has 0 saturated carbocycles. The number of nitriles is 1. The lowest BCUT2D eigenvalue weighted by Crippen LogP contribution is -2.23. The van der Waals surface area contributed by atoms with Gasteiger partial charge in [0, 0.05) is 0 Å². The predicted molar refractivity (Wildman–Crippen MR) is 60.4 cm³/mol. The van der Waals surface area contributed by atoms with Gasteiger partial charge in [0.1, 0.15) is 6.07 Å². The first-order valence-electron chi connectivity index (χ1n) is 4.86. The van der Waals surface area contributed by atoms with E-state index in [1.165, 1.54) is 14.0 Å². The predicted octanol–water partition coefficient (Wildman–Crippen LogP) is 2.17. The molecule has 0 heterocycles. The smallest absolute Gasteiger partial charge is 0.372 e. The summed E-state index contributed by atoms with van der Waals surface area (Å²) in [6, 6.07) is 1.83. The molecule has 0 spiro atoms. The van der Waals surface area contributed by atoms with Crippen molar-refractivity contribution in [3.63, 3.8) is 0 Å². The fourth-order valence-electron chi connectivity index (χ4n) is 0.945.